The van der Waals surface area contributed by atoms with Crippen LogP contribution in [0.4, 0.5) is 4.79 Å². The van der Waals surface area contributed by atoms with Crippen LogP contribution in [-0.2, 0) is 9.53 Å². The molecule has 1 amide bonds. The predicted molar refractivity (Wildman–Crippen MR) is 99.7 cm³/mol. The van der Waals surface area contributed by atoms with Crippen LogP contribution < -0.4 is 10.1 Å². The molecule has 0 saturated carbocycles. The number of rotatable bonds is 5. The first kappa shape index (κ1) is 21.9. The second-order valence-electron chi connectivity index (χ2n) is 6.95. The first-order valence-corrected chi connectivity index (χ1v) is 8.88. The van der Waals surface area contributed by atoms with E-state index in [-0.39, 0.29) is 26.7 Å². The van der Waals surface area contributed by atoms with Crippen molar-refractivity contribution in [1.82, 2.24) is 5.32 Å². The Hall–Kier alpha value is -1.17. The van der Waals surface area contributed by atoms with Crippen LogP contribution >= 0.6 is 34.8 Å². The summed E-state index contributed by atoms with van der Waals surface area (Å²) >= 11 is 17.8. The third-order valence-electron chi connectivity index (χ3n) is 2.87. The number of halogens is 3. The number of alkyl carbamates (subject to hydrolysis) is 1. The average Bonchev–Trinajstić information content (AvgIpc) is 2.41. The molecule has 8 heteroatoms. The van der Waals surface area contributed by atoms with Gasteiger partial charge in [0.25, 0.3) is 0 Å². The van der Waals surface area contributed by atoms with Gasteiger partial charge in [-0.25, -0.2) is 9.59 Å². The van der Waals surface area contributed by atoms with E-state index in [4.69, 9.17) is 44.3 Å². The molecule has 1 atom stereocenters. The Balaban J connectivity index is 2.90. The van der Waals surface area contributed by atoms with Gasteiger partial charge in [0, 0.05) is 6.07 Å². The van der Waals surface area contributed by atoms with E-state index in [1.54, 1.807) is 20.8 Å². The van der Waals surface area contributed by atoms with Crippen LogP contribution in [0, 0.1) is 5.92 Å². The lowest BCUT2D eigenvalue weighted by Crippen LogP contribution is -2.45. The zero-order valence-electron chi connectivity index (χ0n) is 14.8. The van der Waals surface area contributed by atoms with Crippen molar-refractivity contribution in [2.24, 2.45) is 5.92 Å². The minimum absolute atomic E-state index is 0.0702. The number of benzene rings is 1. The Labute approximate surface area is 162 Å². The van der Waals surface area contributed by atoms with Crippen LogP contribution in [0.15, 0.2) is 12.1 Å². The highest BCUT2D eigenvalue weighted by molar-refractivity contribution is 6.43. The molecule has 1 N–H and O–H groups in total. The predicted octanol–water partition coefficient (Wildman–Crippen LogP) is 5.49. The zero-order chi connectivity index (χ0) is 19.4. The average molecular weight is 411 g/mol. The van der Waals surface area contributed by atoms with Crippen molar-refractivity contribution in [3.8, 4) is 5.75 Å². The summed E-state index contributed by atoms with van der Waals surface area (Å²) in [6.07, 6.45) is -0.327. The van der Waals surface area contributed by atoms with E-state index in [9.17, 15) is 9.59 Å². The number of hydrogen-bond donors (Lipinski definition) is 1. The Morgan fingerprint density at radius 1 is 1.08 bits per heavy atom. The molecular weight excluding hydrogens is 389 g/mol. The van der Waals surface area contributed by atoms with Crippen molar-refractivity contribution in [1.29, 1.82) is 0 Å². The summed E-state index contributed by atoms with van der Waals surface area (Å²) in [4.78, 5) is 24.4. The van der Waals surface area contributed by atoms with Gasteiger partial charge in [-0.3, -0.25) is 0 Å². The van der Waals surface area contributed by atoms with Crippen molar-refractivity contribution in [2.75, 3.05) is 0 Å². The maximum atomic E-state index is 12.5. The number of ether oxygens (including phenoxy) is 2. The maximum absolute atomic E-state index is 12.5. The van der Waals surface area contributed by atoms with Crippen molar-refractivity contribution in [3.63, 3.8) is 0 Å². The van der Waals surface area contributed by atoms with E-state index in [1.165, 1.54) is 12.1 Å². The van der Waals surface area contributed by atoms with Crippen molar-refractivity contribution in [3.05, 3.63) is 27.2 Å². The fraction of sp³-hybridized carbons (Fsp3) is 0.529. The minimum Gasteiger partial charge on any atom is -0.444 e. The highest BCUT2D eigenvalue weighted by atomic mass is 35.5. The third kappa shape index (κ3) is 7.72. The summed E-state index contributed by atoms with van der Waals surface area (Å²) in [7, 11) is 0. The van der Waals surface area contributed by atoms with Gasteiger partial charge in [0.1, 0.15) is 11.6 Å². The first-order chi connectivity index (χ1) is 11.4. The molecule has 0 heterocycles. The lowest BCUT2D eigenvalue weighted by Gasteiger charge is -2.23. The van der Waals surface area contributed by atoms with Gasteiger partial charge < -0.3 is 14.8 Å². The van der Waals surface area contributed by atoms with E-state index in [2.05, 4.69) is 5.32 Å². The molecule has 0 radical (unpaired) electrons. The van der Waals surface area contributed by atoms with Gasteiger partial charge in [0.05, 0.1) is 15.1 Å². The molecule has 1 unspecified atom stereocenters. The molecule has 0 fully saturated rings. The molecule has 1 aromatic rings. The molecule has 0 aliphatic rings. The van der Waals surface area contributed by atoms with Gasteiger partial charge in [-0.2, -0.15) is 0 Å². The molecule has 0 aromatic heterocycles. The summed E-state index contributed by atoms with van der Waals surface area (Å²) in [6, 6.07) is 1.84. The molecule has 25 heavy (non-hydrogen) atoms. The van der Waals surface area contributed by atoms with E-state index < -0.39 is 23.7 Å². The van der Waals surface area contributed by atoms with Crippen LogP contribution in [0.1, 0.15) is 41.0 Å². The molecule has 0 spiro atoms. The smallest absolute Gasteiger partial charge is 0.408 e. The summed E-state index contributed by atoms with van der Waals surface area (Å²) < 4.78 is 10.5. The van der Waals surface area contributed by atoms with Crippen molar-refractivity contribution < 1.29 is 19.1 Å². The molecule has 140 valence electrons. The summed E-state index contributed by atoms with van der Waals surface area (Å²) in [5.74, 6) is -0.461. The monoisotopic (exact) mass is 409 g/mol. The normalized spacial score (nSPS) is 12.7. The standard InChI is InChI=1S/C17H22Cl3NO4/c1-9(2)6-13(21-16(23)25-17(3,4)5)15(22)24-14-8-11(19)10(18)7-12(14)20/h7-9,13H,6H2,1-5H3,(H,21,23). The third-order valence-corrected chi connectivity index (χ3v) is 3.89. The van der Waals surface area contributed by atoms with E-state index in [0.29, 0.717) is 6.42 Å². The van der Waals surface area contributed by atoms with Crippen LogP contribution in [0.2, 0.25) is 15.1 Å². The maximum Gasteiger partial charge on any atom is 0.408 e. The highest BCUT2D eigenvalue weighted by Gasteiger charge is 2.27. The van der Waals surface area contributed by atoms with Gasteiger partial charge in [0.15, 0.2) is 5.75 Å². The summed E-state index contributed by atoms with van der Waals surface area (Å²) in [5, 5.41) is 3.12. The fourth-order valence-corrected chi connectivity index (χ4v) is 2.47. The molecular formula is C17H22Cl3NO4. The molecule has 5 nitrogen and oxygen atoms in total. The zero-order valence-corrected chi connectivity index (χ0v) is 17.1. The minimum atomic E-state index is -0.889. The Morgan fingerprint density at radius 2 is 1.64 bits per heavy atom. The molecule has 0 aliphatic carbocycles. The van der Waals surface area contributed by atoms with E-state index in [0.717, 1.165) is 0 Å². The highest BCUT2D eigenvalue weighted by Crippen LogP contribution is 2.34. The van der Waals surface area contributed by atoms with Crippen LogP contribution in [0.3, 0.4) is 0 Å². The summed E-state index contributed by atoms with van der Waals surface area (Å²) in [6.45, 7) is 9.04. The first-order valence-electron chi connectivity index (χ1n) is 7.74. The van der Waals surface area contributed by atoms with Gasteiger partial charge in [-0.15, -0.1) is 0 Å². The molecule has 0 saturated heterocycles. The number of esters is 1. The van der Waals surface area contributed by atoms with Gasteiger partial charge in [0.2, 0.25) is 0 Å². The second-order valence-corrected chi connectivity index (χ2v) is 8.17. The Morgan fingerprint density at radius 3 is 2.16 bits per heavy atom. The van der Waals surface area contributed by atoms with Crippen LogP contribution in [0.25, 0.3) is 0 Å². The number of nitrogens with one attached hydrogen (secondary N) is 1. The Kier molecular flexibility index (Phi) is 7.85. The molecule has 0 aliphatic heterocycles. The lowest BCUT2D eigenvalue weighted by molar-refractivity contribution is -0.137. The fourth-order valence-electron chi connectivity index (χ4n) is 1.90. The van der Waals surface area contributed by atoms with Gasteiger partial charge in [-0.1, -0.05) is 48.7 Å². The number of carbonyl (C=O) groups excluding carboxylic acids is 2. The molecule has 1 rings (SSSR count). The van der Waals surface area contributed by atoms with Gasteiger partial charge in [-0.05, 0) is 39.2 Å². The molecule has 1 aromatic carbocycles. The quantitative estimate of drug-likeness (QED) is 0.396. The molecule has 0 bridgehead atoms. The number of carbonyl (C=O) groups is 2. The number of amides is 1. The SMILES string of the molecule is CC(C)CC(NC(=O)OC(C)(C)C)C(=O)Oc1cc(Cl)c(Cl)cc1Cl. The Bertz CT molecular complexity index is 642. The van der Waals surface area contributed by atoms with E-state index in [1.807, 2.05) is 13.8 Å². The van der Waals surface area contributed by atoms with Gasteiger partial charge >= 0.3 is 12.1 Å². The van der Waals surface area contributed by atoms with Crippen LogP contribution in [-0.4, -0.2) is 23.7 Å². The largest absolute Gasteiger partial charge is 0.444 e. The van der Waals surface area contributed by atoms with E-state index >= 15 is 0 Å². The van der Waals surface area contributed by atoms with Crippen LogP contribution in [0.5, 0.6) is 5.75 Å². The van der Waals surface area contributed by atoms with Crippen molar-refractivity contribution >= 4 is 46.9 Å². The topological polar surface area (TPSA) is 64.6 Å². The summed E-state index contributed by atoms with van der Waals surface area (Å²) in [5.41, 5.74) is -0.677. The lowest BCUT2D eigenvalue weighted by atomic mass is 10.0. The number of hydrogen-bond acceptors (Lipinski definition) is 4. The second kappa shape index (κ2) is 8.97. The van der Waals surface area contributed by atoms with Crippen molar-refractivity contribution in [2.45, 2.75) is 52.7 Å².